The third-order valence-corrected chi connectivity index (χ3v) is 5.26. The van der Waals surface area contributed by atoms with Gasteiger partial charge in [-0.05, 0) is 48.2 Å². The van der Waals surface area contributed by atoms with Gasteiger partial charge in [0.05, 0.1) is 18.2 Å². The molecule has 0 fully saturated rings. The summed E-state index contributed by atoms with van der Waals surface area (Å²) in [4.78, 5) is 27.5. The van der Waals surface area contributed by atoms with E-state index in [1.165, 1.54) is 0 Å². The summed E-state index contributed by atoms with van der Waals surface area (Å²) >= 11 is 0. The van der Waals surface area contributed by atoms with Crippen molar-refractivity contribution in [3.05, 3.63) is 71.6 Å². The first-order valence-corrected chi connectivity index (χ1v) is 9.11. The van der Waals surface area contributed by atoms with Crippen LogP contribution in [0.5, 0.6) is 0 Å². The van der Waals surface area contributed by atoms with E-state index in [-0.39, 0.29) is 30.8 Å². The molecule has 138 valence electrons. The number of benzene rings is 1. The number of allylic oxidation sites excluding steroid dienone is 2. The molecule has 1 aliphatic heterocycles. The predicted molar refractivity (Wildman–Crippen MR) is 102 cm³/mol. The molecule has 0 saturated heterocycles. The maximum atomic E-state index is 12.3. The fourth-order valence-corrected chi connectivity index (χ4v) is 3.97. The highest BCUT2D eigenvalue weighted by Crippen LogP contribution is 2.49. The second kappa shape index (κ2) is 7.23. The van der Waals surface area contributed by atoms with Crippen molar-refractivity contribution in [2.45, 2.75) is 24.8 Å². The summed E-state index contributed by atoms with van der Waals surface area (Å²) in [7, 11) is 0. The molecule has 1 aromatic carbocycles. The van der Waals surface area contributed by atoms with Gasteiger partial charge >= 0.3 is 5.97 Å². The number of aliphatic carboxylic acids is 1. The van der Waals surface area contributed by atoms with Gasteiger partial charge in [0.2, 0.25) is 0 Å². The monoisotopic (exact) mass is 363 g/mol. The third-order valence-electron chi connectivity index (χ3n) is 5.26. The van der Waals surface area contributed by atoms with Crippen LogP contribution in [-0.2, 0) is 4.79 Å². The van der Waals surface area contributed by atoms with Crippen molar-refractivity contribution in [2.24, 2.45) is 5.92 Å². The Bertz CT molecular complexity index is 895. The van der Waals surface area contributed by atoms with Crippen molar-refractivity contribution >= 4 is 17.6 Å². The van der Waals surface area contributed by atoms with Crippen LogP contribution in [0, 0.1) is 5.92 Å². The van der Waals surface area contributed by atoms with E-state index in [0.29, 0.717) is 11.5 Å². The average Bonchev–Trinajstić information content (AvgIpc) is 3.17. The first-order valence-electron chi connectivity index (χ1n) is 9.11. The van der Waals surface area contributed by atoms with Gasteiger partial charge in [-0.1, -0.05) is 18.2 Å². The van der Waals surface area contributed by atoms with Crippen LogP contribution >= 0.6 is 0 Å². The molecule has 2 heterocycles. The highest BCUT2D eigenvalue weighted by Gasteiger charge is 2.38. The molecule has 0 spiro atoms. The van der Waals surface area contributed by atoms with Crippen molar-refractivity contribution in [2.75, 3.05) is 11.9 Å². The zero-order valence-corrected chi connectivity index (χ0v) is 14.8. The lowest BCUT2D eigenvalue weighted by molar-refractivity contribution is -0.136. The SMILES string of the molecule is O=C(O)CCNC(=O)c1ccc2c(c1)[C@H]1C=CC[C@@H]1[C@@H](c1ccccn1)N2. The van der Waals surface area contributed by atoms with Gasteiger partial charge in [-0.25, -0.2) is 0 Å². The molecular formula is C21H21N3O3. The van der Waals surface area contributed by atoms with Gasteiger partial charge in [0.15, 0.2) is 0 Å². The van der Waals surface area contributed by atoms with E-state index in [9.17, 15) is 9.59 Å². The number of carbonyl (C=O) groups excluding carboxylic acids is 1. The number of carbonyl (C=O) groups is 2. The van der Waals surface area contributed by atoms with Gasteiger partial charge in [-0.3, -0.25) is 14.6 Å². The topological polar surface area (TPSA) is 91.3 Å². The van der Waals surface area contributed by atoms with Gasteiger partial charge in [0.1, 0.15) is 0 Å². The molecule has 0 bridgehead atoms. The van der Waals surface area contributed by atoms with Crippen LogP contribution in [0.2, 0.25) is 0 Å². The molecule has 3 atom stereocenters. The largest absolute Gasteiger partial charge is 0.481 e. The summed E-state index contributed by atoms with van der Waals surface area (Å²) in [5.74, 6) is -0.577. The lowest BCUT2D eigenvalue weighted by atomic mass is 9.77. The molecule has 0 unspecified atom stereocenters. The minimum Gasteiger partial charge on any atom is -0.481 e. The Hall–Kier alpha value is -3.15. The molecule has 2 aromatic rings. The van der Waals surface area contributed by atoms with E-state index in [2.05, 4.69) is 27.8 Å². The fourth-order valence-electron chi connectivity index (χ4n) is 3.97. The van der Waals surface area contributed by atoms with E-state index in [4.69, 9.17) is 5.11 Å². The summed E-state index contributed by atoms with van der Waals surface area (Å²) in [5, 5.41) is 15.0. The van der Waals surface area contributed by atoms with Crippen molar-refractivity contribution in [3.63, 3.8) is 0 Å². The van der Waals surface area contributed by atoms with Gasteiger partial charge in [0.25, 0.3) is 5.91 Å². The third kappa shape index (κ3) is 3.43. The summed E-state index contributed by atoms with van der Waals surface area (Å²) < 4.78 is 0. The molecule has 3 N–H and O–H groups in total. The van der Waals surface area contributed by atoms with E-state index in [1.54, 1.807) is 6.07 Å². The number of hydrogen-bond acceptors (Lipinski definition) is 4. The molecule has 6 heteroatoms. The summed E-state index contributed by atoms with van der Waals surface area (Å²) in [6, 6.07) is 11.7. The molecule has 2 aliphatic rings. The average molecular weight is 363 g/mol. The highest BCUT2D eigenvalue weighted by molar-refractivity contribution is 5.95. The Kier molecular flexibility index (Phi) is 4.62. The van der Waals surface area contributed by atoms with E-state index in [0.717, 1.165) is 23.4 Å². The van der Waals surface area contributed by atoms with Gasteiger partial charge in [0, 0.05) is 29.9 Å². The van der Waals surface area contributed by atoms with E-state index in [1.807, 2.05) is 36.5 Å². The van der Waals surface area contributed by atoms with Crippen molar-refractivity contribution in [1.29, 1.82) is 0 Å². The predicted octanol–water partition coefficient (Wildman–Crippen LogP) is 3.11. The van der Waals surface area contributed by atoms with Crippen molar-refractivity contribution in [1.82, 2.24) is 10.3 Å². The fraction of sp³-hybridized carbons (Fsp3) is 0.286. The maximum Gasteiger partial charge on any atom is 0.305 e. The molecule has 1 aromatic heterocycles. The van der Waals surface area contributed by atoms with Gasteiger partial charge < -0.3 is 15.7 Å². The molecule has 0 radical (unpaired) electrons. The van der Waals surface area contributed by atoms with E-state index >= 15 is 0 Å². The van der Waals surface area contributed by atoms with Crippen molar-refractivity contribution < 1.29 is 14.7 Å². The smallest absolute Gasteiger partial charge is 0.305 e. The second-order valence-corrected chi connectivity index (χ2v) is 6.93. The quantitative estimate of drug-likeness (QED) is 0.710. The Balaban J connectivity index is 1.59. The number of carboxylic acids is 1. The molecular weight excluding hydrogens is 342 g/mol. The van der Waals surface area contributed by atoms with Crippen LogP contribution in [0.4, 0.5) is 5.69 Å². The highest BCUT2D eigenvalue weighted by atomic mass is 16.4. The van der Waals surface area contributed by atoms with Gasteiger partial charge in [-0.15, -0.1) is 0 Å². The first kappa shape index (κ1) is 17.3. The number of hydrogen-bond donors (Lipinski definition) is 3. The lowest BCUT2D eigenvalue weighted by Gasteiger charge is -2.37. The Morgan fingerprint density at radius 2 is 2.15 bits per heavy atom. The van der Waals surface area contributed by atoms with Crippen LogP contribution in [0.15, 0.2) is 54.7 Å². The Morgan fingerprint density at radius 3 is 2.93 bits per heavy atom. The van der Waals surface area contributed by atoms with Crippen LogP contribution in [0.3, 0.4) is 0 Å². The van der Waals surface area contributed by atoms with Crippen LogP contribution in [-0.4, -0.2) is 28.5 Å². The number of rotatable bonds is 5. The summed E-state index contributed by atoms with van der Waals surface area (Å²) in [6.07, 6.45) is 7.10. The maximum absolute atomic E-state index is 12.3. The number of nitrogens with one attached hydrogen (secondary N) is 2. The molecule has 6 nitrogen and oxygen atoms in total. The van der Waals surface area contributed by atoms with Crippen molar-refractivity contribution in [3.8, 4) is 0 Å². The Morgan fingerprint density at radius 1 is 1.26 bits per heavy atom. The lowest BCUT2D eigenvalue weighted by Crippen LogP contribution is -2.30. The number of aromatic nitrogens is 1. The molecule has 27 heavy (non-hydrogen) atoms. The van der Waals surface area contributed by atoms with E-state index < -0.39 is 5.97 Å². The second-order valence-electron chi connectivity index (χ2n) is 6.93. The first-order chi connectivity index (χ1) is 13.1. The molecule has 4 rings (SSSR count). The number of amides is 1. The summed E-state index contributed by atoms with van der Waals surface area (Å²) in [6.45, 7) is 0.122. The number of anilines is 1. The molecule has 1 aliphatic carbocycles. The number of fused-ring (bicyclic) bond motifs is 3. The molecule has 0 saturated carbocycles. The Labute approximate surface area is 157 Å². The van der Waals surface area contributed by atoms with Crippen LogP contribution in [0.1, 0.15) is 46.4 Å². The number of pyridine rings is 1. The standard InChI is InChI=1S/C21H21N3O3/c25-19(26)9-11-23-21(27)13-7-8-17-16(12-13)14-4-3-5-15(14)20(24-17)18-6-1-2-10-22-18/h1-4,6-8,10,12,14-15,20,24H,5,9,11H2,(H,23,27)(H,25,26)/t14-,15-,20-/m0/s1. The normalized spacial score (nSPS) is 22.4. The molecule has 1 amide bonds. The number of carboxylic acid groups (broad SMARTS) is 1. The number of nitrogens with zero attached hydrogens (tertiary/aromatic N) is 1. The van der Waals surface area contributed by atoms with Gasteiger partial charge in [-0.2, -0.15) is 0 Å². The van der Waals surface area contributed by atoms with Crippen LogP contribution < -0.4 is 10.6 Å². The zero-order chi connectivity index (χ0) is 18.8. The minimum atomic E-state index is -0.926. The summed E-state index contributed by atoms with van der Waals surface area (Å²) in [5.41, 5.74) is 3.70. The minimum absolute atomic E-state index is 0.0859. The zero-order valence-electron chi connectivity index (χ0n) is 14.8. The van der Waals surface area contributed by atoms with Crippen LogP contribution in [0.25, 0.3) is 0 Å².